The van der Waals surface area contributed by atoms with Crippen molar-refractivity contribution in [3.8, 4) is 0 Å². The number of nitrogens with zero attached hydrogens (tertiary/aromatic N) is 5. The SMILES string of the molecule is Cc1cc(NCCCn2cc[n+](CCO)c2)n2ncc(N)c2n1.Cl.Cl.[Cl-]. The van der Waals surface area contributed by atoms with Crippen LogP contribution in [0, 0.1) is 6.92 Å². The zero-order chi connectivity index (χ0) is 16.2. The molecule has 0 spiro atoms. The van der Waals surface area contributed by atoms with Gasteiger partial charge >= 0.3 is 0 Å². The van der Waals surface area contributed by atoms with E-state index in [1.807, 2.05) is 36.3 Å². The minimum atomic E-state index is 0. The van der Waals surface area contributed by atoms with E-state index < -0.39 is 0 Å². The van der Waals surface area contributed by atoms with Gasteiger partial charge in [-0.15, -0.1) is 24.8 Å². The van der Waals surface area contributed by atoms with Crippen molar-refractivity contribution in [1.82, 2.24) is 19.2 Å². The number of aryl methyl sites for hydroxylation is 2. The molecule has 0 atom stereocenters. The number of aliphatic hydroxyl groups excluding tert-OH is 1. The van der Waals surface area contributed by atoms with Crippen LogP contribution in [0.3, 0.4) is 0 Å². The highest BCUT2D eigenvalue weighted by atomic mass is 35.5. The molecule has 0 saturated carbocycles. The lowest BCUT2D eigenvalue weighted by molar-refractivity contribution is -0.697. The van der Waals surface area contributed by atoms with Crippen molar-refractivity contribution in [3.05, 3.63) is 36.7 Å². The molecule has 11 heteroatoms. The van der Waals surface area contributed by atoms with Crippen molar-refractivity contribution in [2.24, 2.45) is 0 Å². The minimum Gasteiger partial charge on any atom is -1.00 e. The van der Waals surface area contributed by atoms with Gasteiger partial charge in [0, 0.05) is 24.7 Å². The molecule has 3 aromatic heterocycles. The van der Waals surface area contributed by atoms with Crippen LogP contribution in [-0.2, 0) is 13.1 Å². The average molecular weight is 425 g/mol. The predicted octanol–water partition coefficient (Wildman–Crippen LogP) is -1.95. The van der Waals surface area contributed by atoms with Gasteiger partial charge in [-0.25, -0.2) is 14.1 Å². The molecule has 0 fully saturated rings. The molecule has 8 nitrogen and oxygen atoms in total. The number of rotatable bonds is 7. The largest absolute Gasteiger partial charge is 1.00 e. The second-order valence-electron chi connectivity index (χ2n) is 5.51. The van der Waals surface area contributed by atoms with Crippen molar-refractivity contribution in [3.63, 3.8) is 0 Å². The number of aromatic nitrogens is 5. The molecule has 146 valence electrons. The van der Waals surface area contributed by atoms with Crippen LogP contribution in [0.15, 0.2) is 31.0 Å². The number of imidazole rings is 1. The fourth-order valence-electron chi connectivity index (χ4n) is 2.52. The Bertz CT molecular complexity index is 806. The lowest BCUT2D eigenvalue weighted by Gasteiger charge is -2.08. The molecule has 0 aliphatic rings. The highest BCUT2D eigenvalue weighted by Crippen LogP contribution is 2.16. The van der Waals surface area contributed by atoms with Gasteiger partial charge in [0.2, 0.25) is 6.33 Å². The highest BCUT2D eigenvalue weighted by molar-refractivity contribution is 5.85. The highest BCUT2D eigenvalue weighted by Gasteiger charge is 2.08. The summed E-state index contributed by atoms with van der Waals surface area (Å²) in [4.78, 5) is 4.40. The Labute approximate surface area is 170 Å². The number of nitrogens with one attached hydrogen (secondary N) is 1. The minimum absolute atomic E-state index is 0. The zero-order valence-corrected chi connectivity index (χ0v) is 16.8. The van der Waals surface area contributed by atoms with E-state index in [4.69, 9.17) is 10.8 Å². The Balaban J connectivity index is 0.00000208. The number of hydrogen-bond donors (Lipinski definition) is 3. The monoisotopic (exact) mass is 423 g/mol. The first kappa shape index (κ1) is 24.3. The fraction of sp³-hybridized carbons (Fsp3) is 0.400. The first-order valence-electron chi connectivity index (χ1n) is 7.68. The molecule has 26 heavy (non-hydrogen) atoms. The normalized spacial score (nSPS) is 9.92. The van der Waals surface area contributed by atoms with Gasteiger partial charge in [0.05, 0.1) is 25.0 Å². The summed E-state index contributed by atoms with van der Waals surface area (Å²) in [6, 6.07) is 1.96. The summed E-state index contributed by atoms with van der Waals surface area (Å²) in [5, 5.41) is 16.6. The van der Waals surface area contributed by atoms with Gasteiger partial charge in [0.15, 0.2) is 5.65 Å². The summed E-state index contributed by atoms with van der Waals surface area (Å²) in [7, 11) is 0. The van der Waals surface area contributed by atoms with Crippen LogP contribution in [0.4, 0.5) is 11.5 Å². The van der Waals surface area contributed by atoms with Crippen LogP contribution in [0.2, 0.25) is 0 Å². The van der Waals surface area contributed by atoms with Crippen molar-refractivity contribution < 1.29 is 22.1 Å². The maximum atomic E-state index is 8.92. The summed E-state index contributed by atoms with van der Waals surface area (Å²) in [5.41, 5.74) is 8.04. The maximum absolute atomic E-state index is 8.92. The van der Waals surface area contributed by atoms with Crippen molar-refractivity contribution in [2.45, 2.75) is 26.4 Å². The molecule has 0 aromatic carbocycles. The molecular formula is C15H24Cl3N7O. The Morgan fingerprint density at radius 1 is 1.35 bits per heavy atom. The Morgan fingerprint density at radius 2 is 2.12 bits per heavy atom. The van der Waals surface area contributed by atoms with Crippen LogP contribution in [0.5, 0.6) is 0 Å². The van der Waals surface area contributed by atoms with Gasteiger partial charge in [0.25, 0.3) is 0 Å². The van der Waals surface area contributed by atoms with Crippen molar-refractivity contribution in [1.29, 1.82) is 0 Å². The molecule has 0 bridgehead atoms. The maximum Gasteiger partial charge on any atom is 0.243 e. The third kappa shape index (κ3) is 5.63. The second kappa shape index (κ2) is 11.1. The first-order chi connectivity index (χ1) is 11.2. The molecule has 3 aromatic rings. The van der Waals surface area contributed by atoms with Crippen molar-refractivity contribution in [2.75, 3.05) is 24.2 Å². The van der Waals surface area contributed by atoms with Gasteiger partial charge in [0.1, 0.15) is 24.8 Å². The topological polar surface area (TPSA) is 97.3 Å². The molecule has 0 saturated heterocycles. The van der Waals surface area contributed by atoms with Crippen LogP contribution >= 0.6 is 24.8 Å². The lowest BCUT2D eigenvalue weighted by Crippen LogP contribution is -3.00. The fourth-order valence-corrected chi connectivity index (χ4v) is 2.52. The van der Waals surface area contributed by atoms with Gasteiger partial charge in [-0.1, -0.05) is 0 Å². The third-order valence-corrected chi connectivity index (χ3v) is 3.63. The number of aliphatic hydroxyl groups is 1. The Morgan fingerprint density at radius 3 is 2.85 bits per heavy atom. The molecule has 3 rings (SSSR count). The summed E-state index contributed by atoms with van der Waals surface area (Å²) >= 11 is 0. The number of fused-ring (bicyclic) bond motifs is 1. The van der Waals surface area contributed by atoms with E-state index in [1.54, 1.807) is 10.7 Å². The molecule has 0 radical (unpaired) electrons. The summed E-state index contributed by atoms with van der Waals surface area (Å²) in [6.45, 7) is 4.44. The predicted molar refractivity (Wildman–Crippen MR) is 101 cm³/mol. The van der Waals surface area contributed by atoms with E-state index in [0.29, 0.717) is 17.9 Å². The van der Waals surface area contributed by atoms with Gasteiger partial charge in [-0.2, -0.15) is 9.61 Å². The van der Waals surface area contributed by atoms with E-state index in [-0.39, 0.29) is 43.8 Å². The van der Waals surface area contributed by atoms with Crippen molar-refractivity contribution >= 4 is 42.0 Å². The average Bonchev–Trinajstić information content (AvgIpc) is 3.12. The van der Waals surface area contributed by atoms with Gasteiger partial charge in [-0.3, -0.25) is 0 Å². The van der Waals surface area contributed by atoms with E-state index >= 15 is 0 Å². The summed E-state index contributed by atoms with van der Waals surface area (Å²) in [6.07, 6.45) is 8.56. The number of halogens is 3. The van der Waals surface area contributed by atoms with Crippen LogP contribution < -0.4 is 28.0 Å². The van der Waals surface area contributed by atoms with Gasteiger partial charge < -0.3 is 28.6 Å². The standard InChI is InChI=1S/C15H22N7O.3ClH/c1-12-9-14(22-15(19-12)13(16)10-18-22)17-3-2-4-20-5-6-21(11-20)7-8-23;;;/h5-6,9-11,17,23H,2-4,7-8,16H2,1H3;3*1H/q+1;;;/p-1. The second-order valence-corrected chi connectivity index (χ2v) is 5.51. The van der Waals surface area contributed by atoms with E-state index in [9.17, 15) is 0 Å². The molecule has 3 heterocycles. The van der Waals surface area contributed by atoms with E-state index in [2.05, 4.69) is 20.0 Å². The smallest absolute Gasteiger partial charge is 0.243 e. The number of nitrogens with two attached hydrogens (primary N) is 1. The van der Waals surface area contributed by atoms with Crippen LogP contribution in [0.1, 0.15) is 12.1 Å². The number of nitrogen functional groups attached to an aromatic ring is 1. The molecule has 0 aliphatic heterocycles. The van der Waals surface area contributed by atoms with E-state index in [0.717, 1.165) is 31.0 Å². The van der Waals surface area contributed by atoms with Crippen LogP contribution in [0.25, 0.3) is 5.65 Å². The molecule has 0 aliphatic carbocycles. The molecule has 4 N–H and O–H groups in total. The van der Waals surface area contributed by atoms with E-state index in [1.165, 1.54) is 0 Å². The lowest BCUT2D eigenvalue weighted by atomic mass is 10.3. The van der Waals surface area contributed by atoms with Gasteiger partial charge in [-0.05, 0) is 6.92 Å². The van der Waals surface area contributed by atoms with Crippen LogP contribution in [-0.4, -0.2) is 37.4 Å². The summed E-state index contributed by atoms with van der Waals surface area (Å²) < 4.78 is 5.81. The zero-order valence-electron chi connectivity index (χ0n) is 14.4. The third-order valence-electron chi connectivity index (χ3n) is 3.63. The summed E-state index contributed by atoms with van der Waals surface area (Å²) in [5.74, 6) is 0.895. The Hall–Kier alpha value is -1.74. The quantitative estimate of drug-likeness (QED) is 0.303. The number of hydrogen-bond acceptors (Lipinski definition) is 5. The molecule has 0 unspecified atom stereocenters. The molecular weight excluding hydrogens is 401 g/mol. The molecule has 0 amide bonds. The first-order valence-corrected chi connectivity index (χ1v) is 7.68. The number of anilines is 2. The Kier molecular flexibility index (Phi) is 10.3.